The van der Waals surface area contributed by atoms with Gasteiger partial charge in [0.15, 0.2) is 5.13 Å². The molecule has 2 aromatic rings. The molecule has 0 unspecified atom stereocenters. The average Bonchev–Trinajstić information content (AvgIpc) is 2.69. The lowest BCUT2D eigenvalue weighted by Crippen LogP contribution is -2.13. The maximum atomic E-state index is 12.1. The maximum absolute atomic E-state index is 12.1. The molecule has 0 radical (unpaired) electrons. The number of rotatable bonds is 3. The maximum Gasteiger partial charge on any atom is 0.259 e. The van der Waals surface area contributed by atoms with Crippen molar-refractivity contribution in [1.82, 2.24) is 4.98 Å². The highest BCUT2D eigenvalue weighted by molar-refractivity contribution is 9.10. The zero-order valence-corrected chi connectivity index (χ0v) is 13.1. The highest BCUT2D eigenvalue weighted by Gasteiger charge is 2.13. The van der Waals surface area contributed by atoms with Crippen molar-refractivity contribution in [3.05, 3.63) is 38.8 Å². The van der Waals surface area contributed by atoms with Gasteiger partial charge in [0.05, 0.1) is 11.3 Å². The molecule has 0 bridgehead atoms. The third kappa shape index (κ3) is 3.13. The van der Waals surface area contributed by atoms with E-state index in [1.165, 1.54) is 11.3 Å². The summed E-state index contributed by atoms with van der Waals surface area (Å²) >= 11 is 4.79. The van der Waals surface area contributed by atoms with Crippen molar-refractivity contribution in [2.24, 2.45) is 0 Å². The summed E-state index contributed by atoms with van der Waals surface area (Å²) in [7, 11) is 0. The molecule has 0 saturated carbocycles. The monoisotopic (exact) mass is 339 g/mol. The first-order chi connectivity index (χ1) is 9.01. The smallest absolute Gasteiger partial charge is 0.259 e. The highest BCUT2D eigenvalue weighted by Crippen LogP contribution is 2.24. The van der Waals surface area contributed by atoms with Crippen molar-refractivity contribution >= 4 is 44.0 Å². The second-order valence-corrected chi connectivity index (χ2v) is 6.18. The number of amides is 1. The van der Waals surface area contributed by atoms with Crippen LogP contribution < -0.4 is 11.1 Å². The van der Waals surface area contributed by atoms with E-state index in [1.807, 2.05) is 13.8 Å². The summed E-state index contributed by atoms with van der Waals surface area (Å²) in [5, 5.41) is 3.40. The van der Waals surface area contributed by atoms with Crippen LogP contribution >= 0.6 is 27.3 Å². The van der Waals surface area contributed by atoms with Crippen molar-refractivity contribution in [3.63, 3.8) is 0 Å². The van der Waals surface area contributed by atoms with E-state index in [4.69, 9.17) is 5.73 Å². The molecule has 0 saturated heterocycles. The van der Waals surface area contributed by atoms with Crippen molar-refractivity contribution in [1.29, 1.82) is 0 Å². The number of anilines is 2. The van der Waals surface area contributed by atoms with E-state index in [-0.39, 0.29) is 5.91 Å². The van der Waals surface area contributed by atoms with Gasteiger partial charge in [-0.25, -0.2) is 4.98 Å². The fraction of sp³-hybridized carbons (Fsp3) is 0.231. The molecule has 1 heterocycles. The van der Waals surface area contributed by atoms with Crippen molar-refractivity contribution in [3.8, 4) is 0 Å². The molecule has 100 valence electrons. The first kappa shape index (κ1) is 14.0. The van der Waals surface area contributed by atoms with Crippen molar-refractivity contribution in [2.75, 3.05) is 11.1 Å². The van der Waals surface area contributed by atoms with Gasteiger partial charge in [0, 0.05) is 15.0 Å². The van der Waals surface area contributed by atoms with Gasteiger partial charge < -0.3 is 5.73 Å². The molecule has 0 fully saturated rings. The molecule has 2 rings (SSSR count). The Bertz CT molecular complexity index is 624. The summed E-state index contributed by atoms with van der Waals surface area (Å²) < 4.78 is 0.847. The summed E-state index contributed by atoms with van der Waals surface area (Å²) in [6, 6.07) is 5.19. The van der Waals surface area contributed by atoms with Crippen LogP contribution in [-0.4, -0.2) is 10.9 Å². The third-order valence-electron chi connectivity index (χ3n) is 2.71. The number of aryl methyl sites for hydroxylation is 2. The number of nitrogens with zero attached hydrogens (tertiary/aromatic N) is 1. The quantitative estimate of drug-likeness (QED) is 0.839. The van der Waals surface area contributed by atoms with E-state index in [1.54, 1.807) is 18.2 Å². The van der Waals surface area contributed by atoms with E-state index in [0.717, 1.165) is 21.5 Å². The molecule has 0 aliphatic heterocycles. The Balaban J connectivity index is 2.20. The Kier molecular flexibility index (Phi) is 4.21. The lowest BCUT2D eigenvalue weighted by atomic mass is 10.2. The zero-order chi connectivity index (χ0) is 14.0. The number of benzene rings is 1. The predicted molar refractivity (Wildman–Crippen MR) is 82.7 cm³/mol. The van der Waals surface area contributed by atoms with Crippen LogP contribution in [0.25, 0.3) is 0 Å². The summed E-state index contributed by atoms with van der Waals surface area (Å²) in [5.41, 5.74) is 7.74. The van der Waals surface area contributed by atoms with E-state index in [2.05, 4.69) is 26.2 Å². The van der Waals surface area contributed by atoms with Gasteiger partial charge in [-0.1, -0.05) is 22.9 Å². The first-order valence-corrected chi connectivity index (χ1v) is 7.45. The van der Waals surface area contributed by atoms with Gasteiger partial charge in [-0.05, 0) is 31.5 Å². The number of hydrogen-bond acceptors (Lipinski definition) is 4. The zero-order valence-electron chi connectivity index (χ0n) is 10.7. The van der Waals surface area contributed by atoms with Crippen LogP contribution in [-0.2, 0) is 6.42 Å². The number of nitrogens with one attached hydrogen (secondary N) is 1. The third-order valence-corrected chi connectivity index (χ3v) is 4.13. The Hall–Kier alpha value is -1.40. The second-order valence-electron chi connectivity index (χ2n) is 4.06. The highest BCUT2D eigenvalue weighted by atomic mass is 79.9. The van der Waals surface area contributed by atoms with Gasteiger partial charge >= 0.3 is 0 Å². The van der Waals surface area contributed by atoms with Crippen molar-refractivity contribution in [2.45, 2.75) is 20.3 Å². The molecule has 6 heteroatoms. The number of halogens is 1. The molecule has 1 aromatic heterocycles. The van der Waals surface area contributed by atoms with E-state index in [0.29, 0.717) is 16.4 Å². The minimum atomic E-state index is -0.235. The molecular formula is C13H14BrN3OS. The fourth-order valence-electron chi connectivity index (χ4n) is 1.71. The van der Waals surface area contributed by atoms with Gasteiger partial charge in [0.2, 0.25) is 0 Å². The Morgan fingerprint density at radius 3 is 2.84 bits per heavy atom. The number of aromatic nitrogens is 1. The van der Waals surface area contributed by atoms with E-state index >= 15 is 0 Å². The minimum Gasteiger partial charge on any atom is -0.398 e. The predicted octanol–water partition coefficient (Wildman–Crippen LogP) is 3.61. The number of carbonyl (C=O) groups excluding carboxylic acids is 1. The molecular weight excluding hydrogens is 326 g/mol. The largest absolute Gasteiger partial charge is 0.398 e. The number of carbonyl (C=O) groups is 1. The molecule has 0 spiro atoms. The van der Waals surface area contributed by atoms with Crippen LogP contribution in [0.1, 0.15) is 27.9 Å². The Morgan fingerprint density at radius 2 is 2.26 bits per heavy atom. The Morgan fingerprint density at radius 1 is 1.53 bits per heavy atom. The normalized spacial score (nSPS) is 10.5. The molecule has 0 atom stereocenters. The summed E-state index contributed by atoms with van der Waals surface area (Å²) in [6.45, 7) is 4.04. The second kappa shape index (κ2) is 5.71. The van der Waals surface area contributed by atoms with Gasteiger partial charge in [-0.2, -0.15) is 0 Å². The lowest BCUT2D eigenvalue weighted by Gasteiger charge is -2.05. The SMILES string of the molecule is CCc1nc(NC(=O)c2ccc(Br)cc2N)sc1C. The molecule has 3 N–H and O–H groups in total. The number of thiazole rings is 1. The summed E-state index contributed by atoms with van der Waals surface area (Å²) in [6.07, 6.45) is 0.860. The fourth-order valence-corrected chi connectivity index (χ4v) is 2.99. The van der Waals surface area contributed by atoms with Gasteiger partial charge in [-0.15, -0.1) is 11.3 Å². The molecule has 1 amide bonds. The van der Waals surface area contributed by atoms with Crippen LogP contribution in [0.4, 0.5) is 10.8 Å². The van der Waals surface area contributed by atoms with E-state index in [9.17, 15) is 4.79 Å². The molecule has 4 nitrogen and oxygen atoms in total. The van der Waals surface area contributed by atoms with Gasteiger partial charge in [0.25, 0.3) is 5.91 Å². The average molecular weight is 340 g/mol. The number of nitrogen functional groups attached to an aromatic ring is 1. The molecule has 19 heavy (non-hydrogen) atoms. The first-order valence-electron chi connectivity index (χ1n) is 5.84. The van der Waals surface area contributed by atoms with Gasteiger partial charge in [-0.3, -0.25) is 10.1 Å². The topological polar surface area (TPSA) is 68.0 Å². The van der Waals surface area contributed by atoms with Gasteiger partial charge in [0.1, 0.15) is 0 Å². The molecule has 1 aromatic carbocycles. The standard InChI is InChI=1S/C13H14BrN3OS/c1-3-11-7(2)19-13(16-11)17-12(18)9-5-4-8(14)6-10(9)15/h4-6H,3,15H2,1-2H3,(H,16,17,18). The Labute approximate surface area is 124 Å². The molecule has 0 aliphatic carbocycles. The van der Waals surface area contributed by atoms with Crippen LogP contribution in [0.2, 0.25) is 0 Å². The number of nitrogens with two attached hydrogens (primary N) is 1. The van der Waals surface area contributed by atoms with Crippen LogP contribution in [0, 0.1) is 6.92 Å². The number of hydrogen-bond donors (Lipinski definition) is 2. The summed E-state index contributed by atoms with van der Waals surface area (Å²) in [4.78, 5) is 17.6. The van der Waals surface area contributed by atoms with E-state index < -0.39 is 0 Å². The minimum absolute atomic E-state index is 0.235. The van der Waals surface area contributed by atoms with Crippen LogP contribution in [0.15, 0.2) is 22.7 Å². The lowest BCUT2D eigenvalue weighted by molar-refractivity contribution is 0.102. The van der Waals surface area contributed by atoms with Crippen molar-refractivity contribution < 1.29 is 4.79 Å². The summed E-state index contributed by atoms with van der Waals surface area (Å²) in [5.74, 6) is -0.235. The van der Waals surface area contributed by atoms with Crippen LogP contribution in [0.5, 0.6) is 0 Å². The molecule has 0 aliphatic rings. The van der Waals surface area contributed by atoms with Crippen LogP contribution in [0.3, 0.4) is 0 Å².